The molecule has 0 saturated carbocycles. The van der Waals surface area contributed by atoms with Gasteiger partial charge < -0.3 is 0 Å². The van der Waals surface area contributed by atoms with E-state index in [1.54, 1.807) is 0 Å². The van der Waals surface area contributed by atoms with Gasteiger partial charge in [-0.05, 0) is 19.3 Å². The Morgan fingerprint density at radius 1 is 1.32 bits per heavy atom. The zero-order chi connectivity index (χ0) is 13.6. The summed E-state index contributed by atoms with van der Waals surface area (Å²) in [6.07, 6.45) is 0.0173. The van der Waals surface area contributed by atoms with Crippen molar-refractivity contribution < 1.29 is 18.0 Å². The first-order valence-electron chi connectivity index (χ1n) is 5.68. The lowest BCUT2D eigenvalue weighted by molar-refractivity contribution is -0.137. The summed E-state index contributed by atoms with van der Waals surface area (Å²) in [5.41, 5.74) is 0.720. The van der Waals surface area contributed by atoms with Crippen LogP contribution in [-0.2, 0) is 23.8 Å². The SMILES string of the molecule is O=Cn1nc(-n2cc(C(F)(F)F)cn2)c2c1CCC2. The van der Waals surface area contributed by atoms with Gasteiger partial charge in [-0.25, -0.2) is 9.36 Å². The van der Waals surface area contributed by atoms with Crippen molar-refractivity contribution >= 4 is 6.41 Å². The molecule has 0 radical (unpaired) electrons. The molecule has 0 bridgehead atoms. The number of hydrogen-bond donors (Lipinski definition) is 0. The number of rotatable bonds is 2. The third-order valence-corrected chi connectivity index (χ3v) is 3.16. The second-order valence-corrected chi connectivity index (χ2v) is 4.32. The Bertz CT molecular complexity index is 641. The average Bonchev–Trinajstić information content (AvgIpc) is 3.03. The van der Waals surface area contributed by atoms with Crippen LogP contribution in [0.2, 0.25) is 0 Å². The van der Waals surface area contributed by atoms with Crippen LogP contribution >= 0.6 is 0 Å². The normalized spacial score (nSPS) is 14.7. The number of alkyl halides is 3. The first kappa shape index (κ1) is 11.9. The highest BCUT2D eigenvalue weighted by molar-refractivity contribution is 5.57. The lowest BCUT2D eigenvalue weighted by atomic mass is 10.2. The monoisotopic (exact) mass is 270 g/mol. The van der Waals surface area contributed by atoms with E-state index in [-0.39, 0.29) is 0 Å². The number of carbonyl (C=O) groups excluding carboxylic acids is 1. The van der Waals surface area contributed by atoms with Gasteiger partial charge in [-0.3, -0.25) is 4.79 Å². The number of halogens is 3. The summed E-state index contributed by atoms with van der Waals surface area (Å²) in [5, 5.41) is 7.68. The maximum Gasteiger partial charge on any atom is 0.419 e. The summed E-state index contributed by atoms with van der Waals surface area (Å²) in [6, 6.07) is 0. The Morgan fingerprint density at radius 2 is 2.11 bits per heavy atom. The highest BCUT2D eigenvalue weighted by Gasteiger charge is 2.33. The number of hydrogen-bond acceptors (Lipinski definition) is 3. The van der Waals surface area contributed by atoms with Crippen molar-refractivity contribution in [3.63, 3.8) is 0 Å². The molecule has 8 heteroatoms. The number of fused-ring (bicyclic) bond motifs is 1. The standard InChI is InChI=1S/C11H9F3N4O/c12-11(13,14)7-4-15-17(5-7)10-8-2-1-3-9(8)18(6-19)16-10/h4-6H,1-3H2. The lowest BCUT2D eigenvalue weighted by Crippen LogP contribution is -2.05. The molecule has 0 spiro atoms. The van der Waals surface area contributed by atoms with E-state index in [1.165, 1.54) is 4.68 Å². The number of aromatic nitrogens is 4. The Hall–Kier alpha value is -2.12. The molecule has 0 aromatic carbocycles. The van der Waals surface area contributed by atoms with Crippen LogP contribution in [0, 0.1) is 0 Å². The topological polar surface area (TPSA) is 52.7 Å². The molecule has 0 atom stereocenters. The van der Waals surface area contributed by atoms with Crippen molar-refractivity contribution in [3.05, 3.63) is 29.2 Å². The molecule has 1 aliphatic rings. The van der Waals surface area contributed by atoms with Gasteiger partial charge in [-0.2, -0.15) is 18.3 Å². The second-order valence-electron chi connectivity index (χ2n) is 4.32. The van der Waals surface area contributed by atoms with Crippen LogP contribution < -0.4 is 0 Å². The lowest BCUT2D eigenvalue weighted by Gasteiger charge is -2.01. The minimum Gasteiger partial charge on any atom is -0.276 e. The van der Waals surface area contributed by atoms with Crippen LogP contribution in [0.3, 0.4) is 0 Å². The summed E-state index contributed by atoms with van der Waals surface area (Å²) in [7, 11) is 0. The second kappa shape index (κ2) is 3.94. The summed E-state index contributed by atoms with van der Waals surface area (Å²) in [4.78, 5) is 10.9. The van der Waals surface area contributed by atoms with Gasteiger partial charge in [-0.15, -0.1) is 5.10 Å². The fourth-order valence-electron chi connectivity index (χ4n) is 2.30. The Labute approximate surface area is 105 Å². The molecule has 5 nitrogen and oxygen atoms in total. The first-order valence-corrected chi connectivity index (χ1v) is 5.68. The molecule has 2 aromatic heterocycles. The predicted octanol–water partition coefficient (Wildman–Crippen LogP) is 1.61. The molecule has 0 N–H and O–H groups in total. The van der Waals surface area contributed by atoms with E-state index >= 15 is 0 Å². The van der Waals surface area contributed by atoms with E-state index in [0.29, 0.717) is 25.1 Å². The Morgan fingerprint density at radius 3 is 2.74 bits per heavy atom. The molecule has 0 aliphatic heterocycles. The van der Waals surface area contributed by atoms with Crippen LogP contribution in [0.15, 0.2) is 12.4 Å². The predicted molar refractivity (Wildman–Crippen MR) is 58.5 cm³/mol. The Kier molecular flexibility index (Phi) is 2.48. The van der Waals surface area contributed by atoms with Crippen molar-refractivity contribution in [2.75, 3.05) is 0 Å². The molecule has 100 valence electrons. The summed E-state index contributed by atoms with van der Waals surface area (Å²) in [5.74, 6) is 0.301. The highest BCUT2D eigenvalue weighted by Crippen LogP contribution is 2.31. The van der Waals surface area contributed by atoms with Crippen molar-refractivity contribution in [2.24, 2.45) is 0 Å². The van der Waals surface area contributed by atoms with E-state index < -0.39 is 11.7 Å². The van der Waals surface area contributed by atoms with Crippen LogP contribution in [0.25, 0.3) is 5.82 Å². The maximum atomic E-state index is 12.5. The maximum absolute atomic E-state index is 12.5. The Balaban J connectivity index is 2.08. The molecule has 0 unspecified atom stereocenters. The minimum atomic E-state index is -4.44. The molecular weight excluding hydrogens is 261 g/mol. The van der Waals surface area contributed by atoms with Gasteiger partial charge in [0, 0.05) is 11.8 Å². The van der Waals surface area contributed by atoms with E-state index in [4.69, 9.17) is 0 Å². The molecular formula is C11H9F3N4O. The van der Waals surface area contributed by atoms with Crippen molar-refractivity contribution in [2.45, 2.75) is 25.4 Å². The van der Waals surface area contributed by atoms with Gasteiger partial charge in [0.1, 0.15) is 0 Å². The number of nitrogens with zero attached hydrogens (tertiary/aromatic N) is 4. The molecule has 19 heavy (non-hydrogen) atoms. The van der Waals surface area contributed by atoms with Gasteiger partial charge in [0.2, 0.25) is 6.41 Å². The first-order chi connectivity index (χ1) is 9.00. The minimum absolute atomic E-state index is 0.301. The zero-order valence-electron chi connectivity index (χ0n) is 9.68. The van der Waals surface area contributed by atoms with Crippen LogP contribution in [-0.4, -0.2) is 26.0 Å². The fraction of sp³-hybridized carbons (Fsp3) is 0.364. The molecule has 2 aromatic rings. The highest BCUT2D eigenvalue weighted by atomic mass is 19.4. The van der Waals surface area contributed by atoms with E-state index in [0.717, 1.165) is 34.8 Å². The fourth-order valence-corrected chi connectivity index (χ4v) is 2.30. The zero-order valence-corrected chi connectivity index (χ0v) is 9.68. The van der Waals surface area contributed by atoms with Crippen molar-refractivity contribution in [1.82, 2.24) is 19.6 Å². The smallest absolute Gasteiger partial charge is 0.276 e. The van der Waals surface area contributed by atoms with E-state index in [1.807, 2.05) is 0 Å². The third kappa shape index (κ3) is 1.83. The summed E-state index contributed by atoms with van der Waals surface area (Å²) < 4.78 is 39.8. The largest absolute Gasteiger partial charge is 0.419 e. The van der Waals surface area contributed by atoms with Gasteiger partial charge in [0.05, 0.1) is 17.5 Å². The summed E-state index contributed by atoms with van der Waals surface area (Å²) in [6.45, 7) is 0. The van der Waals surface area contributed by atoms with Crippen molar-refractivity contribution in [3.8, 4) is 5.82 Å². The average molecular weight is 270 g/mol. The number of carbonyl (C=O) groups is 1. The van der Waals surface area contributed by atoms with E-state index in [2.05, 4.69) is 10.2 Å². The molecule has 2 heterocycles. The van der Waals surface area contributed by atoms with Crippen LogP contribution in [0.1, 0.15) is 23.2 Å². The molecule has 0 amide bonds. The van der Waals surface area contributed by atoms with Gasteiger partial charge in [0.25, 0.3) is 0 Å². The molecule has 0 fully saturated rings. The van der Waals surface area contributed by atoms with Crippen LogP contribution in [0.5, 0.6) is 0 Å². The molecule has 0 saturated heterocycles. The molecule has 1 aliphatic carbocycles. The molecule has 3 rings (SSSR count). The third-order valence-electron chi connectivity index (χ3n) is 3.16. The van der Waals surface area contributed by atoms with E-state index in [9.17, 15) is 18.0 Å². The van der Waals surface area contributed by atoms with Gasteiger partial charge >= 0.3 is 6.18 Å². The van der Waals surface area contributed by atoms with Gasteiger partial charge in [-0.1, -0.05) is 0 Å². The van der Waals surface area contributed by atoms with Crippen molar-refractivity contribution in [1.29, 1.82) is 0 Å². The van der Waals surface area contributed by atoms with Gasteiger partial charge in [0.15, 0.2) is 5.82 Å². The summed E-state index contributed by atoms with van der Waals surface area (Å²) >= 11 is 0. The quantitative estimate of drug-likeness (QED) is 0.779. The van der Waals surface area contributed by atoms with Crippen LogP contribution in [0.4, 0.5) is 13.2 Å².